The third-order valence-electron chi connectivity index (χ3n) is 8.84. The Morgan fingerprint density at radius 2 is 1.64 bits per heavy atom. The van der Waals surface area contributed by atoms with Crippen LogP contribution in [0.25, 0.3) is 0 Å². The van der Waals surface area contributed by atoms with Crippen LogP contribution in [0.5, 0.6) is 0 Å². The van der Waals surface area contributed by atoms with Crippen LogP contribution in [0.3, 0.4) is 0 Å². The average Bonchev–Trinajstić information content (AvgIpc) is 2.86. The number of piperidine rings is 1. The second-order valence-corrected chi connectivity index (χ2v) is 13.4. The second-order valence-electron chi connectivity index (χ2n) is 13.4. The minimum Gasteiger partial charge on any atom is -0.481 e. The molecular weight excluding hydrogens is 494 g/mol. The predicted molar refractivity (Wildman–Crippen MR) is 152 cm³/mol. The number of carbonyl (C=O) groups excluding carboxylic acids is 2. The SMILES string of the molecule is C[C@H](C(=O)N[C@@H](Cc1ccccc1)[C@H](O)CN1C[C@H]2CCCC[C@H]2C[C@@H]1C(=O)NC(C)(C)C)C(C)(C)C(=O)O. The number of hydrogen-bond acceptors (Lipinski definition) is 5. The Kier molecular flexibility index (Phi) is 10.2. The highest BCUT2D eigenvalue weighted by Gasteiger charge is 2.43. The minimum atomic E-state index is -1.26. The lowest BCUT2D eigenvalue weighted by Crippen LogP contribution is -2.60. The van der Waals surface area contributed by atoms with Crippen LogP contribution in [0, 0.1) is 23.2 Å². The number of hydrogen-bond donors (Lipinski definition) is 4. The second kappa shape index (κ2) is 12.8. The third kappa shape index (κ3) is 8.27. The molecule has 2 aliphatic rings. The lowest BCUT2D eigenvalue weighted by molar-refractivity contribution is -0.153. The Morgan fingerprint density at radius 1 is 1.03 bits per heavy atom. The van der Waals surface area contributed by atoms with Crippen molar-refractivity contribution in [2.45, 2.75) is 104 Å². The summed E-state index contributed by atoms with van der Waals surface area (Å²) in [4.78, 5) is 40.6. The van der Waals surface area contributed by atoms with E-state index >= 15 is 0 Å². The summed E-state index contributed by atoms with van der Waals surface area (Å²) in [6.07, 6.45) is 4.90. The molecule has 8 nitrogen and oxygen atoms in total. The Bertz CT molecular complexity index is 990. The van der Waals surface area contributed by atoms with E-state index in [0.29, 0.717) is 18.3 Å². The van der Waals surface area contributed by atoms with Gasteiger partial charge in [-0.3, -0.25) is 19.3 Å². The fraction of sp³-hybridized carbons (Fsp3) is 0.710. The summed E-state index contributed by atoms with van der Waals surface area (Å²) in [5.41, 5.74) is -0.660. The molecular formula is C31H49N3O5. The fourth-order valence-electron chi connectivity index (χ4n) is 5.97. The lowest BCUT2D eigenvalue weighted by Gasteiger charge is -2.47. The van der Waals surface area contributed by atoms with Crippen LogP contribution in [-0.2, 0) is 20.8 Å². The van der Waals surface area contributed by atoms with Crippen LogP contribution in [0.1, 0.15) is 79.2 Å². The van der Waals surface area contributed by atoms with E-state index in [1.165, 1.54) is 26.7 Å². The molecule has 0 unspecified atom stereocenters. The van der Waals surface area contributed by atoms with E-state index in [2.05, 4.69) is 15.5 Å². The van der Waals surface area contributed by atoms with Crippen molar-refractivity contribution in [3.8, 4) is 0 Å². The molecule has 1 aromatic rings. The quantitative estimate of drug-likeness (QED) is 0.358. The zero-order chi connectivity index (χ0) is 29.0. The van der Waals surface area contributed by atoms with Crippen molar-refractivity contribution in [2.24, 2.45) is 23.2 Å². The van der Waals surface area contributed by atoms with Gasteiger partial charge in [-0.2, -0.15) is 0 Å². The molecule has 8 heteroatoms. The maximum Gasteiger partial charge on any atom is 0.309 e. The molecule has 0 aromatic heterocycles. The molecule has 2 fully saturated rings. The molecule has 2 amide bonds. The molecule has 0 bridgehead atoms. The number of amides is 2. The van der Waals surface area contributed by atoms with E-state index in [0.717, 1.165) is 31.4 Å². The molecule has 1 saturated carbocycles. The Labute approximate surface area is 233 Å². The zero-order valence-electron chi connectivity index (χ0n) is 24.6. The van der Waals surface area contributed by atoms with E-state index in [-0.39, 0.29) is 24.0 Å². The highest BCUT2D eigenvalue weighted by Crippen LogP contribution is 2.39. The van der Waals surface area contributed by atoms with Crippen molar-refractivity contribution < 1.29 is 24.6 Å². The van der Waals surface area contributed by atoms with Gasteiger partial charge in [0.25, 0.3) is 0 Å². The maximum absolute atomic E-state index is 13.4. The van der Waals surface area contributed by atoms with Gasteiger partial charge in [0.05, 0.1) is 29.5 Å². The van der Waals surface area contributed by atoms with Crippen molar-refractivity contribution >= 4 is 17.8 Å². The Morgan fingerprint density at radius 3 is 2.23 bits per heavy atom. The normalized spacial score (nSPS) is 24.6. The number of aliphatic carboxylic acids is 1. The van der Waals surface area contributed by atoms with Crippen LogP contribution >= 0.6 is 0 Å². The van der Waals surface area contributed by atoms with Gasteiger partial charge >= 0.3 is 5.97 Å². The van der Waals surface area contributed by atoms with Crippen molar-refractivity contribution in [1.29, 1.82) is 0 Å². The van der Waals surface area contributed by atoms with Gasteiger partial charge in [0.15, 0.2) is 0 Å². The Balaban J connectivity index is 1.82. The topological polar surface area (TPSA) is 119 Å². The summed E-state index contributed by atoms with van der Waals surface area (Å²) >= 11 is 0. The van der Waals surface area contributed by atoms with Gasteiger partial charge < -0.3 is 20.8 Å². The first-order valence-corrected chi connectivity index (χ1v) is 14.5. The van der Waals surface area contributed by atoms with Gasteiger partial charge in [0, 0.05) is 18.6 Å². The minimum absolute atomic E-state index is 0.0146. The molecule has 1 heterocycles. The molecule has 1 aliphatic carbocycles. The average molecular weight is 544 g/mol. The summed E-state index contributed by atoms with van der Waals surface area (Å²) in [6, 6.07) is 8.67. The van der Waals surface area contributed by atoms with Crippen molar-refractivity contribution in [3.05, 3.63) is 35.9 Å². The Hall–Kier alpha value is -2.45. The van der Waals surface area contributed by atoms with Crippen LogP contribution in [-0.4, -0.2) is 69.7 Å². The van der Waals surface area contributed by atoms with Crippen molar-refractivity contribution in [2.75, 3.05) is 13.1 Å². The van der Waals surface area contributed by atoms with Crippen molar-refractivity contribution in [1.82, 2.24) is 15.5 Å². The molecule has 0 radical (unpaired) electrons. The first-order valence-electron chi connectivity index (χ1n) is 14.5. The van der Waals surface area contributed by atoms with E-state index in [4.69, 9.17) is 0 Å². The number of benzene rings is 1. The number of carboxylic acids is 1. The molecule has 218 valence electrons. The first kappa shape index (κ1) is 31.1. The largest absolute Gasteiger partial charge is 0.481 e. The number of likely N-dealkylation sites (tertiary alicyclic amines) is 1. The third-order valence-corrected chi connectivity index (χ3v) is 8.84. The summed E-state index contributed by atoms with van der Waals surface area (Å²) in [6.45, 7) is 11.6. The number of β-amino-alcohol motifs (C(OH)–C–C–N with tert-alkyl or cyclic N) is 1. The summed E-state index contributed by atoms with van der Waals surface area (Å²) in [5, 5.41) is 27.3. The van der Waals surface area contributed by atoms with Gasteiger partial charge in [-0.25, -0.2) is 0 Å². The number of nitrogens with one attached hydrogen (secondary N) is 2. The van der Waals surface area contributed by atoms with E-state index in [1.807, 2.05) is 51.1 Å². The van der Waals surface area contributed by atoms with Crippen LogP contribution in [0.15, 0.2) is 30.3 Å². The fourth-order valence-corrected chi connectivity index (χ4v) is 5.97. The van der Waals surface area contributed by atoms with Gasteiger partial charge in [-0.15, -0.1) is 0 Å². The monoisotopic (exact) mass is 543 g/mol. The van der Waals surface area contributed by atoms with Gasteiger partial charge in [-0.05, 0) is 71.3 Å². The molecule has 3 rings (SSSR count). The molecule has 0 spiro atoms. The smallest absolute Gasteiger partial charge is 0.309 e. The van der Waals surface area contributed by atoms with Crippen LogP contribution in [0.4, 0.5) is 0 Å². The lowest BCUT2D eigenvalue weighted by atomic mass is 9.72. The molecule has 1 saturated heterocycles. The van der Waals surface area contributed by atoms with Gasteiger partial charge in [-0.1, -0.05) is 56.5 Å². The number of carboxylic acid groups (broad SMARTS) is 1. The molecule has 4 N–H and O–H groups in total. The summed E-state index contributed by atoms with van der Waals surface area (Å²) in [7, 11) is 0. The highest BCUT2D eigenvalue weighted by molar-refractivity contribution is 5.86. The van der Waals surface area contributed by atoms with E-state index in [1.54, 1.807) is 6.92 Å². The molecule has 39 heavy (non-hydrogen) atoms. The number of rotatable bonds is 10. The van der Waals surface area contributed by atoms with Crippen LogP contribution < -0.4 is 10.6 Å². The number of aliphatic hydroxyl groups is 1. The number of fused-ring (bicyclic) bond motifs is 1. The van der Waals surface area contributed by atoms with Gasteiger partial charge in [0.1, 0.15) is 0 Å². The molecule has 1 aliphatic heterocycles. The summed E-state index contributed by atoms with van der Waals surface area (Å²) in [5.74, 6) is -1.25. The standard InChI is InChI=1S/C31H49N3O5/c1-20(31(5,6)29(38)39)27(36)32-24(16-21-12-8-7-9-13-21)26(35)19-34-18-23-15-11-10-14-22(23)17-25(34)28(37)33-30(2,3)4/h7-9,12-13,20,22-26,35H,10-11,14-19H2,1-6H3,(H,32,36)(H,33,37)(H,38,39)/t20-,22+,23-,24+,25-,26-/m1/s1. The summed E-state index contributed by atoms with van der Waals surface area (Å²) < 4.78 is 0. The molecule has 1 aromatic carbocycles. The maximum atomic E-state index is 13.4. The number of carbonyl (C=O) groups is 3. The number of nitrogens with zero attached hydrogens (tertiary/aromatic N) is 1. The highest BCUT2D eigenvalue weighted by atomic mass is 16.4. The van der Waals surface area contributed by atoms with Crippen LogP contribution in [0.2, 0.25) is 0 Å². The van der Waals surface area contributed by atoms with E-state index in [9.17, 15) is 24.6 Å². The first-order chi connectivity index (χ1) is 18.2. The zero-order valence-corrected chi connectivity index (χ0v) is 24.6. The number of aliphatic hydroxyl groups excluding tert-OH is 1. The predicted octanol–water partition coefficient (Wildman–Crippen LogP) is 3.62. The molecule has 6 atom stereocenters. The van der Waals surface area contributed by atoms with E-state index < -0.39 is 35.4 Å². The van der Waals surface area contributed by atoms with Gasteiger partial charge in [0.2, 0.25) is 11.8 Å². The van der Waals surface area contributed by atoms with Crippen molar-refractivity contribution in [3.63, 3.8) is 0 Å².